The second kappa shape index (κ2) is 9.93. The van der Waals surface area contributed by atoms with E-state index in [1.165, 1.54) is 18.7 Å². The Labute approximate surface area is 152 Å². The molecule has 4 N–H and O–H groups in total. The summed E-state index contributed by atoms with van der Waals surface area (Å²) in [5.74, 6) is -0.484. The number of primary amides is 1. The number of hydrogen-bond acceptors (Lipinski definition) is 5. The summed E-state index contributed by atoms with van der Waals surface area (Å²) in [5, 5.41) is 5.08. The van der Waals surface area contributed by atoms with Gasteiger partial charge in [0.05, 0.1) is 0 Å². The molecule has 0 radical (unpaired) electrons. The van der Waals surface area contributed by atoms with E-state index in [2.05, 4.69) is 10.6 Å². The largest absolute Gasteiger partial charge is 0.451 e. The maximum absolute atomic E-state index is 12.2. The number of carbonyl (C=O) groups excluding carboxylic acids is 3. The highest BCUT2D eigenvalue weighted by molar-refractivity contribution is 7.98. The van der Waals surface area contributed by atoms with Gasteiger partial charge in [-0.15, -0.1) is 0 Å². The van der Waals surface area contributed by atoms with Gasteiger partial charge in [0.15, 0.2) is 6.10 Å². The van der Waals surface area contributed by atoms with Crippen molar-refractivity contribution in [3.8, 4) is 0 Å². The minimum absolute atomic E-state index is 0.369. The van der Waals surface area contributed by atoms with E-state index in [1.807, 2.05) is 32.2 Å². The Morgan fingerprint density at radius 3 is 2.52 bits per heavy atom. The lowest BCUT2D eigenvalue weighted by molar-refractivity contribution is -0.155. The molecule has 0 aliphatic carbocycles. The summed E-state index contributed by atoms with van der Waals surface area (Å²) in [4.78, 5) is 35.4. The van der Waals surface area contributed by atoms with E-state index in [0.717, 1.165) is 11.1 Å². The van der Waals surface area contributed by atoms with E-state index < -0.39 is 30.1 Å². The lowest BCUT2D eigenvalue weighted by Crippen LogP contribution is -2.46. The van der Waals surface area contributed by atoms with Crippen molar-refractivity contribution in [2.45, 2.75) is 39.3 Å². The van der Waals surface area contributed by atoms with Gasteiger partial charge in [-0.05, 0) is 50.8 Å². The van der Waals surface area contributed by atoms with Crippen molar-refractivity contribution in [3.63, 3.8) is 0 Å². The molecule has 0 spiro atoms. The summed E-state index contributed by atoms with van der Waals surface area (Å²) in [7, 11) is 0. The Morgan fingerprint density at radius 1 is 1.28 bits per heavy atom. The summed E-state index contributed by atoms with van der Waals surface area (Å²) in [6.07, 6.45) is 1.25. The molecule has 0 fully saturated rings. The quantitative estimate of drug-likeness (QED) is 0.608. The normalized spacial score (nSPS) is 12.8. The minimum atomic E-state index is -1.00. The van der Waals surface area contributed by atoms with Crippen LogP contribution in [0.2, 0.25) is 0 Å². The van der Waals surface area contributed by atoms with Gasteiger partial charge < -0.3 is 21.1 Å². The van der Waals surface area contributed by atoms with Gasteiger partial charge in [0.2, 0.25) is 0 Å². The average Bonchev–Trinajstić information content (AvgIpc) is 2.53. The van der Waals surface area contributed by atoms with Gasteiger partial charge >= 0.3 is 12.0 Å². The van der Waals surface area contributed by atoms with Gasteiger partial charge in [-0.3, -0.25) is 4.79 Å². The molecule has 0 heterocycles. The highest BCUT2D eigenvalue weighted by atomic mass is 32.2. The predicted octanol–water partition coefficient (Wildman–Crippen LogP) is 1.96. The first-order valence-electron chi connectivity index (χ1n) is 7.88. The molecule has 8 heteroatoms. The van der Waals surface area contributed by atoms with Crippen molar-refractivity contribution >= 4 is 35.4 Å². The van der Waals surface area contributed by atoms with Gasteiger partial charge in [0.25, 0.3) is 5.91 Å². The summed E-state index contributed by atoms with van der Waals surface area (Å²) in [6, 6.07) is 3.94. The fourth-order valence-electron chi connectivity index (χ4n) is 2.15. The molecule has 0 bridgehead atoms. The zero-order valence-electron chi connectivity index (χ0n) is 14.9. The van der Waals surface area contributed by atoms with Crippen LogP contribution in [0.3, 0.4) is 0 Å². The van der Waals surface area contributed by atoms with Crippen molar-refractivity contribution in [3.05, 3.63) is 29.3 Å². The molecule has 0 aliphatic heterocycles. The standard InChI is InChI=1S/C17H25N3O4S/c1-10-5-6-13(11(2)9-10)19-15(21)12(3)24-16(22)14(7-8-25-4)20-17(18)23/h5-6,9,12,14H,7-8H2,1-4H3,(H,19,21)(H3,18,20,23)/t12-,14+/m1/s1. The van der Waals surface area contributed by atoms with E-state index in [9.17, 15) is 14.4 Å². The first-order chi connectivity index (χ1) is 11.7. The molecule has 138 valence electrons. The summed E-state index contributed by atoms with van der Waals surface area (Å²) < 4.78 is 5.18. The van der Waals surface area contributed by atoms with Crippen LogP contribution in [-0.4, -0.2) is 42.1 Å². The third kappa shape index (κ3) is 7.04. The molecular formula is C17H25N3O4S. The van der Waals surface area contributed by atoms with Gasteiger partial charge in [0, 0.05) is 5.69 Å². The topological polar surface area (TPSA) is 111 Å². The number of urea groups is 1. The maximum atomic E-state index is 12.2. The predicted molar refractivity (Wildman–Crippen MR) is 99.6 cm³/mol. The van der Waals surface area contributed by atoms with E-state index in [1.54, 1.807) is 6.07 Å². The fourth-order valence-corrected chi connectivity index (χ4v) is 2.63. The summed E-state index contributed by atoms with van der Waals surface area (Å²) >= 11 is 1.52. The number of benzene rings is 1. The molecule has 0 unspecified atom stereocenters. The van der Waals surface area contributed by atoms with E-state index in [4.69, 9.17) is 10.5 Å². The maximum Gasteiger partial charge on any atom is 0.329 e. The van der Waals surface area contributed by atoms with Crippen molar-refractivity contribution in [1.29, 1.82) is 0 Å². The first kappa shape index (κ1) is 20.8. The van der Waals surface area contributed by atoms with Crippen LogP contribution < -0.4 is 16.4 Å². The Hall–Kier alpha value is -2.22. The van der Waals surface area contributed by atoms with Crippen molar-refractivity contribution in [1.82, 2.24) is 5.32 Å². The average molecular weight is 367 g/mol. The molecule has 0 saturated carbocycles. The van der Waals surface area contributed by atoms with Crippen LogP contribution in [0.5, 0.6) is 0 Å². The van der Waals surface area contributed by atoms with Crippen LogP contribution in [0.25, 0.3) is 0 Å². The van der Waals surface area contributed by atoms with Gasteiger partial charge in [0.1, 0.15) is 6.04 Å². The number of esters is 1. The molecule has 0 saturated heterocycles. The molecule has 0 aliphatic rings. The molecule has 0 aromatic heterocycles. The Balaban J connectivity index is 2.67. The summed E-state index contributed by atoms with van der Waals surface area (Å²) in [5.41, 5.74) is 7.74. The SMILES string of the molecule is CSCC[C@H](NC(N)=O)C(=O)O[C@H](C)C(=O)Nc1ccc(C)cc1C. The number of nitrogens with one attached hydrogen (secondary N) is 2. The number of carbonyl (C=O) groups is 3. The molecule has 1 aromatic rings. The van der Waals surface area contributed by atoms with Crippen molar-refractivity contribution < 1.29 is 19.1 Å². The number of thioether (sulfide) groups is 1. The van der Waals surface area contributed by atoms with Crippen molar-refractivity contribution in [2.24, 2.45) is 5.73 Å². The molecule has 1 aromatic carbocycles. The highest BCUT2D eigenvalue weighted by Crippen LogP contribution is 2.16. The van der Waals surface area contributed by atoms with E-state index in [-0.39, 0.29) is 0 Å². The number of aryl methyl sites for hydroxylation is 2. The van der Waals surface area contributed by atoms with Crippen LogP contribution in [0, 0.1) is 13.8 Å². The molecule has 2 atom stereocenters. The number of rotatable bonds is 8. The van der Waals surface area contributed by atoms with E-state index >= 15 is 0 Å². The lowest BCUT2D eigenvalue weighted by Gasteiger charge is -2.19. The molecule has 3 amide bonds. The zero-order valence-corrected chi connectivity index (χ0v) is 15.7. The molecule has 1 rings (SSSR count). The van der Waals surface area contributed by atoms with E-state index in [0.29, 0.717) is 17.9 Å². The Bertz CT molecular complexity index is 636. The van der Waals surface area contributed by atoms with Crippen LogP contribution in [-0.2, 0) is 14.3 Å². The second-order valence-electron chi connectivity index (χ2n) is 5.73. The summed E-state index contributed by atoms with van der Waals surface area (Å²) in [6.45, 7) is 5.32. The lowest BCUT2D eigenvalue weighted by atomic mass is 10.1. The van der Waals surface area contributed by atoms with Crippen LogP contribution in [0.15, 0.2) is 18.2 Å². The third-order valence-electron chi connectivity index (χ3n) is 3.51. The molecule has 25 heavy (non-hydrogen) atoms. The number of anilines is 1. The number of hydrogen-bond donors (Lipinski definition) is 3. The molecular weight excluding hydrogens is 342 g/mol. The second-order valence-corrected chi connectivity index (χ2v) is 6.71. The van der Waals surface area contributed by atoms with Gasteiger partial charge in [-0.1, -0.05) is 17.7 Å². The fraction of sp³-hybridized carbons (Fsp3) is 0.471. The number of amides is 3. The molecule has 7 nitrogen and oxygen atoms in total. The minimum Gasteiger partial charge on any atom is -0.451 e. The van der Waals surface area contributed by atoms with Crippen molar-refractivity contribution in [2.75, 3.05) is 17.3 Å². The van der Waals surface area contributed by atoms with Gasteiger partial charge in [-0.2, -0.15) is 11.8 Å². The smallest absolute Gasteiger partial charge is 0.329 e. The third-order valence-corrected chi connectivity index (χ3v) is 4.16. The van der Waals surface area contributed by atoms with Crippen LogP contribution >= 0.6 is 11.8 Å². The Morgan fingerprint density at radius 2 is 1.96 bits per heavy atom. The number of nitrogens with two attached hydrogens (primary N) is 1. The monoisotopic (exact) mass is 367 g/mol. The number of ether oxygens (including phenoxy) is 1. The zero-order chi connectivity index (χ0) is 19.0. The van der Waals surface area contributed by atoms with Crippen LogP contribution in [0.4, 0.5) is 10.5 Å². The first-order valence-corrected chi connectivity index (χ1v) is 9.27. The highest BCUT2D eigenvalue weighted by Gasteiger charge is 2.25. The van der Waals surface area contributed by atoms with Gasteiger partial charge in [-0.25, -0.2) is 9.59 Å². The van der Waals surface area contributed by atoms with Crippen LogP contribution in [0.1, 0.15) is 24.5 Å². The Kier molecular flexibility index (Phi) is 8.27.